The molecule has 6 rings (SSSR count). The van der Waals surface area contributed by atoms with Crippen molar-refractivity contribution in [3.05, 3.63) is 157 Å². The Morgan fingerprint density at radius 1 is 0.744 bits per heavy atom. The molecule has 43 heavy (non-hydrogen) atoms. The molecule has 0 spiro atoms. The Balaban J connectivity index is 0.00000169. The van der Waals surface area contributed by atoms with Crippen LogP contribution in [-0.4, -0.2) is 0 Å². The second-order valence-electron chi connectivity index (χ2n) is 13.3. The summed E-state index contributed by atoms with van der Waals surface area (Å²) in [5.41, 5.74) is 12.0. The molecule has 4 aromatic carbocycles. The van der Waals surface area contributed by atoms with Crippen LogP contribution in [0.15, 0.2) is 97.1 Å². The first-order chi connectivity index (χ1) is 19.1. The first-order valence-corrected chi connectivity index (χ1v) is 14.5. The zero-order valence-electron chi connectivity index (χ0n) is 26.2. The fraction of sp³-hybridized carbons (Fsp3) is 0.250. The van der Waals surface area contributed by atoms with Gasteiger partial charge in [-0.25, -0.2) is 0 Å². The molecule has 0 unspecified atom stereocenters. The maximum atomic E-state index is 3.99. The van der Waals surface area contributed by atoms with E-state index in [1.807, 2.05) is 0 Å². The maximum absolute atomic E-state index is 3.99. The van der Waals surface area contributed by atoms with E-state index < -0.39 is 0 Å². The van der Waals surface area contributed by atoms with Crippen LogP contribution in [0.2, 0.25) is 0 Å². The third-order valence-electron chi connectivity index (χ3n) is 8.38. The van der Waals surface area contributed by atoms with E-state index >= 15 is 0 Å². The Morgan fingerprint density at radius 3 is 1.81 bits per heavy atom. The molecule has 0 nitrogen and oxygen atoms in total. The Kier molecular flexibility index (Phi) is 10.8. The SMILES string of the molecule is Cc1c(C(C)(C)C)c(C2=CC=CC2)c2c(c1=C(c1ccccc1)c1ccccc1)=c1ccc(C(C)(C)C)cc1=[C-]2.[Cl-].[Cl-].[Zr+3]. The molecule has 0 heterocycles. The fourth-order valence-electron chi connectivity index (χ4n) is 6.60. The molecule has 3 heteroatoms. The van der Waals surface area contributed by atoms with Crippen LogP contribution < -0.4 is 35.3 Å². The van der Waals surface area contributed by atoms with Gasteiger partial charge >= 0.3 is 26.2 Å². The summed E-state index contributed by atoms with van der Waals surface area (Å²) in [6.07, 6.45) is 11.8. The van der Waals surface area contributed by atoms with Crippen LogP contribution >= 0.6 is 0 Å². The van der Waals surface area contributed by atoms with Gasteiger partial charge < -0.3 is 24.8 Å². The molecule has 4 aromatic rings. The zero-order chi connectivity index (χ0) is 28.2. The molecule has 0 aromatic heterocycles. The van der Waals surface area contributed by atoms with E-state index in [2.05, 4.69) is 152 Å². The summed E-state index contributed by atoms with van der Waals surface area (Å²) in [6, 6.07) is 28.9. The summed E-state index contributed by atoms with van der Waals surface area (Å²) < 4.78 is 0. The standard InChI is InChI=1S/C40H39.2ClH.Zr/c1-26-34(35(27-16-10-8-11-17-27)28-18-12-9-13-19-28)37-32-23-22-31(39(2,3)4)24-30(32)25-33(37)36(29-20-14-15-21-29)38(26)40(5,6)7;;;/h8-20,22-24H,21H2,1-7H3;2*1H;/q-1;;;+3/p-2. The second-order valence-corrected chi connectivity index (χ2v) is 13.3. The van der Waals surface area contributed by atoms with Crippen molar-refractivity contribution in [2.24, 2.45) is 0 Å². The van der Waals surface area contributed by atoms with Gasteiger partial charge in [0.05, 0.1) is 0 Å². The van der Waals surface area contributed by atoms with Crippen LogP contribution in [0.3, 0.4) is 0 Å². The third-order valence-corrected chi connectivity index (χ3v) is 8.38. The summed E-state index contributed by atoms with van der Waals surface area (Å²) in [5, 5.41) is 5.16. The number of halogens is 2. The molecule has 0 fully saturated rings. The number of fused-ring (bicyclic) bond motifs is 2. The quantitative estimate of drug-likeness (QED) is 0.257. The summed E-state index contributed by atoms with van der Waals surface area (Å²) in [4.78, 5) is 0. The van der Waals surface area contributed by atoms with Crippen molar-refractivity contribution in [2.45, 2.75) is 65.7 Å². The first-order valence-electron chi connectivity index (χ1n) is 14.5. The van der Waals surface area contributed by atoms with Crippen molar-refractivity contribution in [2.75, 3.05) is 0 Å². The van der Waals surface area contributed by atoms with E-state index in [0.29, 0.717) is 0 Å². The predicted octanol–water partition coefficient (Wildman–Crippen LogP) is 2.49. The zero-order valence-corrected chi connectivity index (χ0v) is 30.2. The third kappa shape index (κ3) is 6.38. The molecule has 0 atom stereocenters. The van der Waals surface area contributed by atoms with Gasteiger partial charge in [-0.3, -0.25) is 0 Å². The van der Waals surface area contributed by atoms with E-state index in [9.17, 15) is 0 Å². The molecule has 0 saturated heterocycles. The van der Waals surface area contributed by atoms with Crippen LogP contribution in [0.1, 0.15) is 86.9 Å². The average molecular weight is 682 g/mol. The van der Waals surface area contributed by atoms with Crippen molar-refractivity contribution in [3.63, 3.8) is 0 Å². The second kappa shape index (κ2) is 13.3. The Hall–Kier alpha value is -2.44. The van der Waals surface area contributed by atoms with Gasteiger partial charge in [0.1, 0.15) is 0 Å². The van der Waals surface area contributed by atoms with Crippen molar-refractivity contribution < 1.29 is 51.0 Å². The molecule has 2 aliphatic rings. The Bertz CT molecular complexity index is 1880. The van der Waals surface area contributed by atoms with Gasteiger partial charge in [-0.1, -0.05) is 160 Å². The van der Waals surface area contributed by atoms with Gasteiger partial charge in [-0.05, 0) is 46.1 Å². The molecule has 0 bridgehead atoms. The van der Waals surface area contributed by atoms with Crippen molar-refractivity contribution >= 4 is 17.2 Å². The van der Waals surface area contributed by atoms with E-state index in [-0.39, 0.29) is 61.8 Å². The molecule has 0 amide bonds. The Morgan fingerprint density at radius 2 is 1.33 bits per heavy atom. The number of hydrogen-bond acceptors (Lipinski definition) is 0. The molecule has 0 aliphatic heterocycles. The minimum Gasteiger partial charge on any atom is -1.00 e. The maximum Gasteiger partial charge on any atom is 3.00 e. The number of rotatable bonds is 3. The van der Waals surface area contributed by atoms with Crippen LogP contribution in [0.5, 0.6) is 0 Å². The molecule has 0 N–H and O–H groups in total. The van der Waals surface area contributed by atoms with Gasteiger partial charge in [0.25, 0.3) is 0 Å². The van der Waals surface area contributed by atoms with Crippen LogP contribution in [-0.2, 0) is 37.0 Å². The van der Waals surface area contributed by atoms with Gasteiger partial charge in [0.15, 0.2) is 0 Å². The minimum absolute atomic E-state index is 0. The van der Waals surface area contributed by atoms with Gasteiger partial charge in [-0.15, -0.1) is 33.4 Å². The van der Waals surface area contributed by atoms with Crippen molar-refractivity contribution in [3.8, 4) is 0 Å². The molecule has 2 aliphatic carbocycles. The fourth-order valence-corrected chi connectivity index (χ4v) is 6.60. The summed E-state index contributed by atoms with van der Waals surface area (Å²) in [6.45, 7) is 16.3. The molecule has 1 radical (unpaired) electrons. The number of benzene rings is 4. The summed E-state index contributed by atoms with van der Waals surface area (Å²) >= 11 is 0. The van der Waals surface area contributed by atoms with Gasteiger partial charge in [0, 0.05) is 0 Å². The number of hydrogen-bond donors (Lipinski definition) is 0. The molecule has 217 valence electrons. The smallest absolute Gasteiger partial charge is 1.00 e. The van der Waals surface area contributed by atoms with Crippen molar-refractivity contribution in [1.82, 2.24) is 0 Å². The van der Waals surface area contributed by atoms with Crippen LogP contribution in [0.4, 0.5) is 0 Å². The van der Waals surface area contributed by atoms with Crippen LogP contribution in [0.25, 0.3) is 17.2 Å². The van der Waals surface area contributed by atoms with Crippen LogP contribution in [0, 0.1) is 17.4 Å². The van der Waals surface area contributed by atoms with E-state index in [1.165, 1.54) is 71.0 Å². The van der Waals surface area contributed by atoms with E-state index in [1.54, 1.807) is 0 Å². The molecular formula is C40H39Cl2Zr. The van der Waals surface area contributed by atoms with Crippen molar-refractivity contribution in [1.29, 1.82) is 0 Å². The largest absolute Gasteiger partial charge is 3.00 e. The number of allylic oxidation sites excluding steroid dienone is 4. The summed E-state index contributed by atoms with van der Waals surface area (Å²) in [7, 11) is 0. The first kappa shape index (κ1) is 35.0. The molecular weight excluding hydrogens is 643 g/mol. The normalized spacial score (nSPS) is 13.0. The minimum atomic E-state index is -0.0435. The topological polar surface area (TPSA) is 0 Å². The molecule has 0 saturated carbocycles. The Labute approximate surface area is 289 Å². The average Bonchev–Trinajstić information content (AvgIpc) is 3.58. The van der Waals surface area contributed by atoms with Gasteiger partial charge in [-0.2, -0.15) is 0 Å². The monoisotopic (exact) mass is 679 g/mol. The van der Waals surface area contributed by atoms with E-state index in [0.717, 1.165) is 6.42 Å². The van der Waals surface area contributed by atoms with E-state index in [4.69, 9.17) is 0 Å². The predicted molar refractivity (Wildman–Crippen MR) is 171 cm³/mol. The van der Waals surface area contributed by atoms with Gasteiger partial charge in [0.2, 0.25) is 0 Å². The summed E-state index contributed by atoms with van der Waals surface area (Å²) in [5.74, 6) is 0.